The van der Waals surface area contributed by atoms with E-state index in [0.717, 1.165) is 18.6 Å². The molecule has 2 N–H and O–H groups in total. The van der Waals surface area contributed by atoms with Gasteiger partial charge in [0.25, 0.3) is 0 Å². The summed E-state index contributed by atoms with van der Waals surface area (Å²) in [4.78, 5) is 12.0. The molecule has 6 heteroatoms. The van der Waals surface area contributed by atoms with Gasteiger partial charge in [-0.25, -0.2) is 8.78 Å². The second kappa shape index (κ2) is 6.52. The molecule has 1 unspecified atom stereocenters. The Morgan fingerprint density at radius 2 is 2.00 bits per heavy atom. The van der Waals surface area contributed by atoms with Gasteiger partial charge in [0.1, 0.15) is 17.7 Å². The maximum absolute atomic E-state index is 13.7. The van der Waals surface area contributed by atoms with Gasteiger partial charge in [0.2, 0.25) is 5.91 Å². The predicted molar refractivity (Wildman–Crippen MR) is 79.7 cm³/mol. The zero-order valence-corrected chi connectivity index (χ0v) is 13.6. The number of halogens is 3. The van der Waals surface area contributed by atoms with E-state index < -0.39 is 17.7 Å². The molecule has 0 aliphatic heterocycles. The topological polar surface area (TPSA) is 41.1 Å². The molecule has 0 aromatic heterocycles. The van der Waals surface area contributed by atoms with Gasteiger partial charge in [-0.3, -0.25) is 4.79 Å². The molecule has 0 radical (unpaired) electrons. The number of amides is 1. The minimum absolute atomic E-state index is 0.0726. The van der Waals surface area contributed by atoms with E-state index in [1.165, 1.54) is 0 Å². The number of carbonyl (C=O) groups is 1. The van der Waals surface area contributed by atoms with Crippen molar-refractivity contribution in [3.63, 3.8) is 0 Å². The van der Waals surface area contributed by atoms with Gasteiger partial charge < -0.3 is 10.6 Å². The van der Waals surface area contributed by atoms with Gasteiger partial charge in [0, 0.05) is 16.1 Å². The molecule has 0 aliphatic carbocycles. The Labute approximate surface area is 126 Å². The lowest BCUT2D eigenvalue weighted by molar-refractivity contribution is -0.123. The van der Waals surface area contributed by atoms with Crippen LogP contribution in [0.25, 0.3) is 0 Å². The van der Waals surface area contributed by atoms with Crippen LogP contribution < -0.4 is 10.6 Å². The van der Waals surface area contributed by atoms with E-state index in [9.17, 15) is 13.6 Å². The number of anilines is 1. The van der Waals surface area contributed by atoms with Crippen molar-refractivity contribution in [1.82, 2.24) is 5.32 Å². The molecule has 1 amide bonds. The van der Waals surface area contributed by atoms with Gasteiger partial charge in [-0.15, -0.1) is 0 Å². The van der Waals surface area contributed by atoms with E-state index in [-0.39, 0.29) is 21.6 Å². The summed E-state index contributed by atoms with van der Waals surface area (Å²) in [7, 11) is 0. The van der Waals surface area contributed by atoms with Crippen molar-refractivity contribution in [2.24, 2.45) is 0 Å². The summed E-state index contributed by atoms with van der Waals surface area (Å²) in [6, 6.07) is 1.27. The first kappa shape index (κ1) is 16.9. The number of rotatable bonds is 5. The first-order chi connectivity index (χ1) is 9.16. The second-order valence-corrected chi connectivity index (χ2v) is 6.19. The molecule has 0 saturated heterocycles. The molecule has 20 heavy (non-hydrogen) atoms. The van der Waals surface area contributed by atoms with Crippen molar-refractivity contribution >= 4 is 27.5 Å². The number of hydrogen-bond donors (Lipinski definition) is 2. The Kier molecular flexibility index (Phi) is 5.50. The molecular formula is C14H19BrF2N2O. The highest BCUT2D eigenvalue weighted by Gasteiger charge is 2.23. The monoisotopic (exact) mass is 348 g/mol. The van der Waals surface area contributed by atoms with Crippen LogP contribution in [-0.4, -0.2) is 17.5 Å². The van der Waals surface area contributed by atoms with Crippen LogP contribution >= 0.6 is 15.9 Å². The highest BCUT2D eigenvalue weighted by Crippen LogP contribution is 2.27. The number of benzene rings is 1. The third-order valence-corrected chi connectivity index (χ3v) is 3.73. The first-order valence-corrected chi connectivity index (χ1v) is 7.18. The molecule has 0 fully saturated rings. The van der Waals surface area contributed by atoms with Crippen LogP contribution in [0.15, 0.2) is 16.6 Å². The highest BCUT2D eigenvalue weighted by molar-refractivity contribution is 9.10. The Balaban J connectivity index is 2.81. The van der Waals surface area contributed by atoms with Gasteiger partial charge >= 0.3 is 0 Å². The van der Waals surface area contributed by atoms with E-state index in [1.807, 2.05) is 20.8 Å². The standard InChI is InChI=1S/C14H19BrF2N2O/c1-5-14(3,4)19-13(20)8(2)18-12-10(15)6-9(16)7-11(12)17/h6-8,18H,5H2,1-4H3,(H,19,20). The van der Waals surface area contributed by atoms with Gasteiger partial charge in [-0.2, -0.15) is 0 Å². The summed E-state index contributed by atoms with van der Waals surface area (Å²) in [5.74, 6) is -1.66. The van der Waals surface area contributed by atoms with Crippen molar-refractivity contribution in [2.45, 2.75) is 45.7 Å². The number of nitrogens with one attached hydrogen (secondary N) is 2. The van der Waals surface area contributed by atoms with Crippen molar-refractivity contribution in [3.05, 3.63) is 28.2 Å². The normalized spacial score (nSPS) is 12.9. The maximum atomic E-state index is 13.7. The van der Waals surface area contributed by atoms with Gasteiger partial charge in [0.15, 0.2) is 0 Å². The van der Waals surface area contributed by atoms with Gasteiger partial charge in [0.05, 0.1) is 5.69 Å². The quantitative estimate of drug-likeness (QED) is 0.848. The summed E-state index contributed by atoms with van der Waals surface area (Å²) < 4.78 is 26.9. The molecule has 0 heterocycles. The Morgan fingerprint density at radius 3 is 2.50 bits per heavy atom. The molecule has 1 aromatic rings. The van der Waals surface area contributed by atoms with E-state index in [0.29, 0.717) is 0 Å². The lowest BCUT2D eigenvalue weighted by atomic mass is 10.0. The molecule has 0 saturated carbocycles. The molecule has 0 spiro atoms. The predicted octanol–water partition coefficient (Wildman–Crippen LogP) is 3.83. The smallest absolute Gasteiger partial charge is 0.242 e. The Hall–Kier alpha value is -1.17. The minimum atomic E-state index is -0.744. The van der Waals surface area contributed by atoms with Crippen LogP contribution in [-0.2, 0) is 4.79 Å². The summed E-state index contributed by atoms with van der Waals surface area (Å²) in [5, 5.41) is 5.61. The van der Waals surface area contributed by atoms with Gasteiger partial charge in [-0.1, -0.05) is 6.92 Å². The van der Waals surface area contributed by atoms with Crippen LogP contribution in [0.4, 0.5) is 14.5 Å². The zero-order valence-electron chi connectivity index (χ0n) is 12.0. The zero-order chi connectivity index (χ0) is 15.5. The average Bonchev–Trinajstić information content (AvgIpc) is 2.32. The number of carbonyl (C=O) groups excluding carboxylic acids is 1. The van der Waals surface area contributed by atoms with Crippen molar-refractivity contribution in [2.75, 3.05) is 5.32 Å². The molecular weight excluding hydrogens is 330 g/mol. The highest BCUT2D eigenvalue weighted by atomic mass is 79.9. The van der Waals surface area contributed by atoms with Gasteiger partial charge in [-0.05, 0) is 49.2 Å². The fourth-order valence-corrected chi connectivity index (χ4v) is 2.01. The van der Waals surface area contributed by atoms with E-state index in [1.54, 1.807) is 6.92 Å². The average molecular weight is 349 g/mol. The fraction of sp³-hybridized carbons (Fsp3) is 0.500. The first-order valence-electron chi connectivity index (χ1n) is 6.39. The van der Waals surface area contributed by atoms with Crippen LogP contribution in [0.2, 0.25) is 0 Å². The minimum Gasteiger partial charge on any atom is -0.371 e. The third-order valence-electron chi connectivity index (χ3n) is 3.11. The molecule has 1 aromatic carbocycles. The molecule has 3 nitrogen and oxygen atoms in total. The summed E-state index contributed by atoms with van der Waals surface area (Å²) >= 11 is 3.08. The maximum Gasteiger partial charge on any atom is 0.242 e. The van der Waals surface area contributed by atoms with Crippen LogP contribution in [0.1, 0.15) is 34.1 Å². The van der Waals surface area contributed by atoms with E-state index >= 15 is 0 Å². The molecule has 1 rings (SSSR count). The third kappa shape index (κ3) is 4.44. The van der Waals surface area contributed by atoms with E-state index in [4.69, 9.17) is 0 Å². The summed E-state index contributed by atoms with van der Waals surface area (Å²) in [6.07, 6.45) is 0.778. The molecule has 0 aliphatic rings. The largest absolute Gasteiger partial charge is 0.371 e. The van der Waals surface area contributed by atoms with E-state index in [2.05, 4.69) is 26.6 Å². The summed E-state index contributed by atoms with van der Waals surface area (Å²) in [6.45, 7) is 7.41. The second-order valence-electron chi connectivity index (χ2n) is 5.34. The van der Waals surface area contributed by atoms with Crippen LogP contribution in [0, 0.1) is 11.6 Å². The van der Waals surface area contributed by atoms with Crippen molar-refractivity contribution < 1.29 is 13.6 Å². The number of hydrogen-bond acceptors (Lipinski definition) is 2. The Morgan fingerprint density at radius 1 is 1.40 bits per heavy atom. The lowest BCUT2D eigenvalue weighted by Gasteiger charge is -2.27. The lowest BCUT2D eigenvalue weighted by Crippen LogP contribution is -2.48. The summed E-state index contributed by atoms with van der Waals surface area (Å²) in [5.41, 5.74) is -0.255. The molecule has 0 bridgehead atoms. The fourth-order valence-electron chi connectivity index (χ4n) is 1.49. The molecule has 1 atom stereocenters. The Bertz CT molecular complexity index is 483. The molecule has 112 valence electrons. The van der Waals surface area contributed by atoms with Crippen LogP contribution in [0.5, 0.6) is 0 Å². The SMILES string of the molecule is CCC(C)(C)NC(=O)C(C)Nc1c(F)cc(F)cc1Br. The van der Waals surface area contributed by atoms with Crippen molar-refractivity contribution in [1.29, 1.82) is 0 Å². The van der Waals surface area contributed by atoms with Crippen molar-refractivity contribution in [3.8, 4) is 0 Å². The van der Waals surface area contributed by atoms with Crippen LogP contribution in [0.3, 0.4) is 0 Å².